The summed E-state index contributed by atoms with van der Waals surface area (Å²) in [7, 11) is 0. The van der Waals surface area contributed by atoms with Crippen LogP contribution in [0.15, 0.2) is 42.5 Å². The predicted molar refractivity (Wildman–Crippen MR) is 103 cm³/mol. The maximum Gasteiger partial charge on any atom is 0.273 e. The number of hydrogen-bond donors (Lipinski definition) is 1. The molecule has 0 fully saturated rings. The van der Waals surface area contributed by atoms with Gasteiger partial charge in [0, 0.05) is 29.2 Å². The lowest BCUT2D eigenvalue weighted by molar-refractivity contribution is -0.385. The number of carbonyl (C=O) groups excluding carboxylic acids is 1. The van der Waals surface area contributed by atoms with Gasteiger partial charge < -0.3 is 10.1 Å². The Morgan fingerprint density at radius 3 is 2.59 bits per heavy atom. The molecule has 0 saturated heterocycles. The number of carbonyl (C=O) groups is 1. The first-order valence-electron chi connectivity index (χ1n) is 9.23. The highest BCUT2D eigenvalue weighted by Crippen LogP contribution is 2.42. The first kappa shape index (κ1) is 18.9. The molecule has 1 amide bonds. The molecule has 142 valence electrons. The van der Waals surface area contributed by atoms with E-state index in [0.29, 0.717) is 17.5 Å². The molecule has 1 N–H and O–H groups in total. The van der Waals surface area contributed by atoms with Crippen molar-refractivity contribution in [3.8, 4) is 5.75 Å². The quantitative estimate of drug-likeness (QED) is 0.612. The van der Waals surface area contributed by atoms with Crippen LogP contribution >= 0.6 is 0 Å². The molecule has 6 nitrogen and oxygen atoms in total. The van der Waals surface area contributed by atoms with Gasteiger partial charge in [0.25, 0.3) is 11.6 Å². The van der Waals surface area contributed by atoms with Crippen molar-refractivity contribution in [3.05, 3.63) is 69.3 Å². The number of hydrogen-bond acceptors (Lipinski definition) is 4. The molecule has 1 atom stereocenters. The normalized spacial score (nSPS) is 17.5. The minimum absolute atomic E-state index is 0.0495. The highest BCUT2D eigenvalue weighted by Gasteiger charge is 2.39. The zero-order valence-electron chi connectivity index (χ0n) is 15.8. The summed E-state index contributed by atoms with van der Waals surface area (Å²) in [4.78, 5) is 23.6. The molecule has 0 aliphatic carbocycles. The van der Waals surface area contributed by atoms with Crippen LogP contribution in [0.5, 0.6) is 5.75 Å². The molecule has 0 radical (unpaired) electrons. The van der Waals surface area contributed by atoms with Crippen LogP contribution in [0, 0.1) is 17.0 Å². The molecule has 0 saturated carbocycles. The molecule has 1 heterocycles. The molecule has 0 aromatic heterocycles. The Labute approximate surface area is 158 Å². The number of nitro benzene ring substituents is 1. The summed E-state index contributed by atoms with van der Waals surface area (Å²) in [6, 6.07) is 12.1. The summed E-state index contributed by atoms with van der Waals surface area (Å²) in [6.07, 6.45) is 2.33. The predicted octanol–water partition coefficient (Wildman–Crippen LogP) is 4.72. The van der Waals surface area contributed by atoms with Crippen molar-refractivity contribution in [2.24, 2.45) is 0 Å². The zero-order chi connectivity index (χ0) is 19.6. The van der Waals surface area contributed by atoms with Crippen molar-refractivity contribution < 1.29 is 14.5 Å². The van der Waals surface area contributed by atoms with E-state index in [1.54, 1.807) is 19.1 Å². The van der Waals surface area contributed by atoms with Crippen molar-refractivity contribution >= 4 is 11.6 Å². The number of nitrogens with zero attached hydrogens (tertiary/aromatic N) is 1. The number of nitro groups is 1. The van der Waals surface area contributed by atoms with E-state index in [9.17, 15) is 14.9 Å². The van der Waals surface area contributed by atoms with Crippen molar-refractivity contribution in [2.75, 3.05) is 0 Å². The first-order chi connectivity index (χ1) is 12.9. The lowest BCUT2D eigenvalue weighted by Gasteiger charge is -2.41. The van der Waals surface area contributed by atoms with Gasteiger partial charge in [0.1, 0.15) is 11.4 Å². The van der Waals surface area contributed by atoms with E-state index in [0.717, 1.165) is 24.2 Å². The number of fused-ring (bicyclic) bond motifs is 1. The summed E-state index contributed by atoms with van der Waals surface area (Å²) in [5.41, 5.74) is 1.26. The standard InChI is InChI=1S/C21H24N2O4/c1-4-21(5-2)13-17(16-9-6-7-12-19(16)27-21)22-20(24)15-10-8-11-18(14(15)3)23(25)26/h6-12,17H,4-5,13H2,1-3H3,(H,22,24). The van der Waals surface area contributed by atoms with E-state index < -0.39 is 4.92 Å². The molecular weight excluding hydrogens is 344 g/mol. The van der Waals surface area contributed by atoms with Crippen molar-refractivity contribution in [3.63, 3.8) is 0 Å². The van der Waals surface area contributed by atoms with Crippen LogP contribution in [0.2, 0.25) is 0 Å². The Balaban J connectivity index is 1.94. The van der Waals surface area contributed by atoms with Crippen LogP contribution in [0.3, 0.4) is 0 Å². The molecule has 3 rings (SSSR count). The number of para-hydroxylation sites is 1. The van der Waals surface area contributed by atoms with Crippen molar-refractivity contribution in [2.45, 2.75) is 51.7 Å². The summed E-state index contributed by atoms with van der Waals surface area (Å²) in [6.45, 7) is 5.77. The number of rotatable bonds is 5. The Hall–Kier alpha value is -2.89. The fourth-order valence-corrected chi connectivity index (χ4v) is 3.73. The second-order valence-electron chi connectivity index (χ2n) is 6.97. The molecule has 27 heavy (non-hydrogen) atoms. The second-order valence-corrected chi connectivity index (χ2v) is 6.97. The van der Waals surface area contributed by atoms with Crippen molar-refractivity contribution in [1.82, 2.24) is 5.32 Å². The van der Waals surface area contributed by atoms with Gasteiger partial charge in [0.05, 0.1) is 11.0 Å². The molecule has 0 spiro atoms. The van der Waals surface area contributed by atoms with Crippen molar-refractivity contribution in [1.29, 1.82) is 0 Å². The number of amides is 1. The topological polar surface area (TPSA) is 81.5 Å². The smallest absolute Gasteiger partial charge is 0.273 e. The largest absolute Gasteiger partial charge is 0.487 e. The fraction of sp³-hybridized carbons (Fsp3) is 0.381. The van der Waals surface area contributed by atoms with Crippen LogP contribution in [0.4, 0.5) is 5.69 Å². The van der Waals surface area contributed by atoms with E-state index in [2.05, 4.69) is 19.2 Å². The van der Waals surface area contributed by atoms with Gasteiger partial charge in [0.15, 0.2) is 0 Å². The number of ether oxygens (including phenoxy) is 1. The zero-order valence-corrected chi connectivity index (χ0v) is 15.8. The van der Waals surface area contributed by atoms with E-state index in [-0.39, 0.29) is 23.2 Å². The summed E-state index contributed by atoms with van der Waals surface area (Å²) < 4.78 is 6.27. The Bertz CT molecular complexity index is 874. The Morgan fingerprint density at radius 2 is 1.93 bits per heavy atom. The Morgan fingerprint density at radius 1 is 1.22 bits per heavy atom. The summed E-state index contributed by atoms with van der Waals surface area (Å²) in [5, 5.41) is 14.3. The van der Waals surface area contributed by atoms with Gasteiger partial charge in [-0.15, -0.1) is 0 Å². The molecule has 0 bridgehead atoms. The highest BCUT2D eigenvalue weighted by atomic mass is 16.6. The number of benzene rings is 2. The monoisotopic (exact) mass is 368 g/mol. The maximum absolute atomic E-state index is 12.9. The average molecular weight is 368 g/mol. The molecule has 2 aromatic rings. The van der Waals surface area contributed by atoms with E-state index in [4.69, 9.17) is 4.74 Å². The molecular formula is C21H24N2O4. The van der Waals surface area contributed by atoms with Gasteiger partial charge in [-0.05, 0) is 31.9 Å². The third kappa shape index (κ3) is 3.52. The molecule has 1 aliphatic rings. The Kier molecular flexibility index (Phi) is 5.17. The third-order valence-corrected chi connectivity index (χ3v) is 5.54. The van der Waals surface area contributed by atoms with Crippen LogP contribution < -0.4 is 10.1 Å². The lowest BCUT2D eigenvalue weighted by atomic mass is 9.83. The van der Waals surface area contributed by atoms with Crippen LogP contribution in [0.1, 0.15) is 60.6 Å². The van der Waals surface area contributed by atoms with Crippen LogP contribution in [-0.4, -0.2) is 16.4 Å². The second kappa shape index (κ2) is 7.39. The van der Waals surface area contributed by atoms with Gasteiger partial charge in [-0.2, -0.15) is 0 Å². The van der Waals surface area contributed by atoms with Gasteiger partial charge in [-0.3, -0.25) is 14.9 Å². The third-order valence-electron chi connectivity index (χ3n) is 5.54. The van der Waals surface area contributed by atoms with Gasteiger partial charge in [-0.1, -0.05) is 38.1 Å². The minimum Gasteiger partial charge on any atom is -0.487 e. The summed E-state index contributed by atoms with van der Waals surface area (Å²) in [5.74, 6) is 0.479. The minimum atomic E-state index is -0.463. The van der Waals surface area contributed by atoms with E-state index in [1.165, 1.54) is 6.07 Å². The molecule has 6 heteroatoms. The fourth-order valence-electron chi connectivity index (χ4n) is 3.73. The molecule has 2 aromatic carbocycles. The van der Waals surface area contributed by atoms with Crippen LogP contribution in [0.25, 0.3) is 0 Å². The number of nitrogens with one attached hydrogen (secondary N) is 1. The molecule has 1 unspecified atom stereocenters. The van der Waals surface area contributed by atoms with Crippen LogP contribution in [-0.2, 0) is 0 Å². The van der Waals surface area contributed by atoms with Gasteiger partial charge >= 0.3 is 0 Å². The summed E-state index contributed by atoms with van der Waals surface area (Å²) >= 11 is 0. The average Bonchev–Trinajstić information content (AvgIpc) is 2.67. The van der Waals surface area contributed by atoms with Gasteiger partial charge in [0.2, 0.25) is 0 Å². The highest BCUT2D eigenvalue weighted by molar-refractivity contribution is 5.96. The van der Waals surface area contributed by atoms with E-state index >= 15 is 0 Å². The molecule has 1 aliphatic heterocycles. The SMILES string of the molecule is CCC1(CC)CC(NC(=O)c2cccc([N+](=O)[O-])c2C)c2ccccc2O1. The van der Waals surface area contributed by atoms with E-state index in [1.807, 2.05) is 24.3 Å². The maximum atomic E-state index is 12.9. The lowest BCUT2D eigenvalue weighted by Crippen LogP contribution is -2.44. The van der Waals surface area contributed by atoms with Gasteiger partial charge in [-0.25, -0.2) is 0 Å². The first-order valence-corrected chi connectivity index (χ1v) is 9.23.